The molecule has 4 aromatic rings. The Bertz CT molecular complexity index is 1180. The van der Waals surface area contributed by atoms with E-state index >= 15 is 0 Å². The Balaban J connectivity index is 1.54. The van der Waals surface area contributed by atoms with Crippen molar-refractivity contribution in [3.8, 4) is 22.9 Å². The summed E-state index contributed by atoms with van der Waals surface area (Å²) in [5.74, 6) is 1.18. The molecule has 6 nitrogen and oxygen atoms in total. The Kier molecular flexibility index (Phi) is 4.99. The van der Waals surface area contributed by atoms with E-state index in [0.29, 0.717) is 28.8 Å². The number of anilines is 1. The summed E-state index contributed by atoms with van der Waals surface area (Å²) in [6.45, 7) is 8.27. The van der Waals surface area contributed by atoms with Crippen LogP contribution >= 0.6 is 0 Å². The number of furan rings is 1. The Morgan fingerprint density at radius 3 is 2.27 bits per heavy atom. The molecule has 1 amide bonds. The molecule has 0 spiro atoms. The van der Waals surface area contributed by atoms with Crippen molar-refractivity contribution in [2.45, 2.75) is 33.1 Å². The smallest absolute Gasteiger partial charge is 0.259 e. The van der Waals surface area contributed by atoms with Crippen LogP contribution in [0.2, 0.25) is 0 Å². The number of rotatable bonds is 4. The predicted octanol–water partition coefficient (Wildman–Crippen LogP) is 5.85. The molecule has 1 N–H and O–H groups in total. The van der Waals surface area contributed by atoms with Gasteiger partial charge in [-0.2, -0.15) is 0 Å². The lowest BCUT2D eigenvalue weighted by Crippen LogP contribution is -2.12. The molecule has 0 unspecified atom stereocenters. The van der Waals surface area contributed by atoms with Gasteiger partial charge < -0.3 is 14.2 Å². The highest BCUT2D eigenvalue weighted by atomic mass is 16.4. The molecule has 0 radical (unpaired) electrons. The predicted molar refractivity (Wildman–Crippen MR) is 115 cm³/mol. The summed E-state index contributed by atoms with van der Waals surface area (Å²) in [5.41, 5.74) is 4.04. The lowest BCUT2D eigenvalue weighted by atomic mass is 9.87. The molecule has 0 aliphatic rings. The summed E-state index contributed by atoms with van der Waals surface area (Å²) in [6.07, 6.45) is 1.49. The van der Waals surface area contributed by atoms with Gasteiger partial charge in [-0.05, 0) is 54.3 Å². The average Bonchev–Trinajstić information content (AvgIpc) is 3.37. The van der Waals surface area contributed by atoms with Crippen molar-refractivity contribution in [2.24, 2.45) is 0 Å². The quantitative estimate of drug-likeness (QED) is 0.463. The number of aryl methyl sites for hydroxylation is 1. The van der Waals surface area contributed by atoms with E-state index in [1.54, 1.807) is 25.1 Å². The molecule has 6 heteroatoms. The molecule has 30 heavy (non-hydrogen) atoms. The minimum absolute atomic E-state index is 0.0818. The molecule has 0 saturated heterocycles. The first kappa shape index (κ1) is 19.6. The molecule has 0 aliphatic carbocycles. The molecule has 4 rings (SSSR count). The van der Waals surface area contributed by atoms with Crippen LogP contribution in [0.1, 0.15) is 42.5 Å². The van der Waals surface area contributed by atoms with Gasteiger partial charge in [-0.25, -0.2) is 0 Å². The largest absolute Gasteiger partial charge is 0.469 e. The van der Waals surface area contributed by atoms with E-state index in [9.17, 15) is 4.79 Å². The number of carbonyl (C=O) groups excluding carboxylic acids is 1. The van der Waals surface area contributed by atoms with Gasteiger partial charge in [0.25, 0.3) is 5.91 Å². The average molecular weight is 401 g/mol. The number of hydrogen-bond acceptors (Lipinski definition) is 5. The van der Waals surface area contributed by atoms with Crippen LogP contribution in [0.15, 0.2) is 69.7 Å². The van der Waals surface area contributed by atoms with Crippen LogP contribution in [0.5, 0.6) is 0 Å². The van der Waals surface area contributed by atoms with Gasteiger partial charge in [-0.3, -0.25) is 4.79 Å². The third-order valence-corrected chi connectivity index (χ3v) is 4.89. The number of nitrogens with one attached hydrogen (secondary N) is 1. The highest BCUT2D eigenvalue weighted by molar-refractivity contribution is 6.05. The van der Waals surface area contributed by atoms with Gasteiger partial charge in [0.2, 0.25) is 11.8 Å². The van der Waals surface area contributed by atoms with Gasteiger partial charge in [0.15, 0.2) is 0 Å². The van der Waals surface area contributed by atoms with Crippen molar-refractivity contribution in [1.82, 2.24) is 10.2 Å². The second-order valence-corrected chi connectivity index (χ2v) is 8.17. The molecular formula is C24H23N3O3. The van der Waals surface area contributed by atoms with Crippen molar-refractivity contribution in [2.75, 3.05) is 5.32 Å². The Morgan fingerprint density at radius 2 is 1.63 bits per heavy atom. The minimum atomic E-state index is -0.233. The molecule has 2 aromatic heterocycles. The number of benzene rings is 2. The van der Waals surface area contributed by atoms with Crippen molar-refractivity contribution in [1.29, 1.82) is 0 Å². The molecule has 0 atom stereocenters. The fourth-order valence-corrected chi connectivity index (χ4v) is 3.12. The number of carbonyl (C=O) groups is 1. The molecule has 0 fully saturated rings. The Morgan fingerprint density at radius 1 is 0.933 bits per heavy atom. The summed E-state index contributed by atoms with van der Waals surface area (Å²) >= 11 is 0. The number of hydrogen-bond donors (Lipinski definition) is 1. The van der Waals surface area contributed by atoms with Crippen LogP contribution in [-0.2, 0) is 5.41 Å². The summed E-state index contributed by atoms with van der Waals surface area (Å²) in [6, 6.07) is 17.1. The monoisotopic (exact) mass is 401 g/mol. The summed E-state index contributed by atoms with van der Waals surface area (Å²) in [7, 11) is 0. The van der Waals surface area contributed by atoms with E-state index in [1.165, 1.54) is 11.8 Å². The highest BCUT2D eigenvalue weighted by Gasteiger charge is 2.16. The highest BCUT2D eigenvalue weighted by Crippen LogP contribution is 2.28. The van der Waals surface area contributed by atoms with Crippen molar-refractivity contribution in [3.05, 3.63) is 77.7 Å². The van der Waals surface area contributed by atoms with Crippen LogP contribution in [0.4, 0.5) is 5.69 Å². The third-order valence-electron chi connectivity index (χ3n) is 4.89. The second kappa shape index (κ2) is 7.63. The van der Waals surface area contributed by atoms with Crippen LogP contribution in [0.25, 0.3) is 22.9 Å². The van der Waals surface area contributed by atoms with Gasteiger partial charge >= 0.3 is 0 Å². The van der Waals surface area contributed by atoms with Crippen molar-refractivity contribution in [3.63, 3.8) is 0 Å². The maximum absolute atomic E-state index is 12.4. The first-order valence-electron chi connectivity index (χ1n) is 9.71. The van der Waals surface area contributed by atoms with Crippen molar-refractivity contribution < 1.29 is 13.6 Å². The Labute approximate surface area is 175 Å². The van der Waals surface area contributed by atoms with E-state index in [-0.39, 0.29) is 11.3 Å². The van der Waals surface area contributed by atoms with Crippen LogP contribution in [0.3, 0.4) is 0 Å². The SMILES string of the molecule is Cc1occc1C(=O)Nc1cccc(-c2nnc(-c3ccc(C(C)(C)C)cc3)o2)c1. The van der Waals surface area contributed by atoms with E-state index in [0.717, 1.165) is 11.1 Å². The van der Waals surface area contributed by atoms with Gasteiger partial charge in [0, 0.05) is 16.8 Å². The Hall–Kier alpha value is -3.67. The zero-order valence-electron chi connectivity index (χ0n) is 17.4. The third kappa shape index (κ3) is 4.03. The van der Waals surface area contributed by atoms with Gasteiger partial charge in [0.05, 0.1) is 11.8 Å². The number of amides is 1. The van der Waals surface area contributed by atoms with E-state index in [2.05, 4.69) is 48.4 Å². The summed E-state index contributed by atoms with van der Waals surface area (Å²) in [5, 5.41) is 11.2. The second-order valence-electron chi connectivity index (χ2n) is 8.17. The number of aromatic nitrogens is 2. The first-order valence-corrected chi connectivity index (χ1v) is 9.71. The molecule has 152 valence electrons. The van der Waals surface area contributed by atoms with Crippen LogP contribution in [-0.4, -0.2) is 16.1 Å². The topological polar surface area (TPSA) is 81.2 Å². The maximum atomic E-state index is 12.4. The fourth-order valence-electron chi connectivity index (χ4n) is 3.12. The molecule has 2 heterocycles. The maximum Gasteiger partial charge on any atom is 0.259 e. The van der Waals surface area contributed by atoms with Crippen molar-refractivity contribution >= 4 is 11.6 Å². The van der Waals surface area contributed by atoms with Gasteiger partial charge in [-0.15, -0.1) is 10.2 Å². The normalized spacial score (nSPS) is 11.5. The lowest BCUT2D eigenvalue weighted by Gasteiger charge is -2.18. The fraction of sp³-hybridized carbons (Fsp3) is 0.208. The summed E-state index contributed by atoms with van der Waals surface area (Å²) in [4.78, 5) is 12.4. The van der Waals surface area contributed by atoms with Gasteiger partial charge in [-0.1, -0.05) is 39.0 Å². The van der Waals surface area contributed by atoms with Crippen LogP contribution < -0.4 is 5.32 Å². The molecular weight excluding hydrogens is 378 g/mol. The molecule has 2 aromatic carbocycles. The minimum Gasteiger partial charge on any atom is -0.469 e. The van der Waals surface area contributed by atoms with E-state index in [4.69, 9.17) is 8.83 Å². The molecule has 0 bridgehead atoms. The molecule has 0 aliphatic heterocycles. The standard InChI is InChI=1S/C24H23N3O3/c1-15-20(12-13-29-15)21(28)25-19-7-5-6-17(14-19)23-27-26-22(30-23)16-8-10-18(11-9-16)24(2,3)4/h5-14H,1-4H3,(H,25,28). The number of nitrogens with zero attached hydrogens (tertiary/aromatic N) is 2. The summed E-state index contributed by atoms with van der Waals surface area (Å²) < 4.78 is 11.1. The van der Waals surface area contributed by atoms with Gasteiger partial charge in [0.1, 0.15) is 5.76 Å². The van der Waals surface area contributed by atoms with E-state index in [1.807, 2.05) is 24.3 Å². The zero-order chi connectivity index (χ0) is 21.3. The van der Waals surface area contributed by atoms with Crippen LogP contribution in [0, 0.1) is 6.92 Å². The molecule has 0 saturated carbocycles. The first-order chi connectivity index (χ1) is 14.3. The lowest BCUT2D eigenvalue weighted by molar-refractivity contribution is 0.102. The zero-order valence-corrected chi connectivity index (χ0v) is 17.4. The van der Waals surface area contributed by atoms with E-state index < -0.39 is 0 Å².